The van der Waals surface area contributed by atoms with E-state index in [9.17, 15) is 10.5 Å². The van der Waals surface area contributed by atoms with Gasteiger partial charge in [-0.3, -0.25) is 4.99 Å². The van der Waals surface area contributed by atoms with E-state index in [2.05, 4.69) is 28.4 Å². The zero-order valence-electron chi connectivity index (χ0n) is 18.1. The molecule has 6 heteroatoms. The molecule has 0 aromatic heterocycles. The van der Waals surface area contributed by atoms with Crippen molar-refractivity contribution in [3.8, 4) is 12.1 Å². The first kappa shape index (κ1) is 22.0. The van der Waals surface area contributed by atoms with E-state index in [0.29, 0.717) is 33.7 Å². The highest BCUT2D eigenvalue weighted by atomic mass is 15.1. The molecule has 0 bridgehead atoms. The maximum atomic E-state index is 9.62. The zero-order valence-corrected chi connectivity index (χ0v) is 18.1. The molecule has 2 aromatic carbocycles. The predicted octanol–water partition coefficient (Wildman–Crippen LogP) is 5.94. The van der Waals surface area contributed by atoms with Crippen molar-refractivity contribution in [3.63, 3.8) is 0 Å². The quantitative estimate of drug-likeness (QED) is 0.458. The lowest BCUT2D eigenvalue weighted by molar-refractivity contribution is 0.865. The molecule has 6 nitrogen and oxygen atoms in total. The molecule has 0 unspecified atom stereocenters. The van der Waals surface area contributed by atoms with E-state index in [1.807, 2.05) is 37.3 Å². The van der Waals surface area contributed by atoms with Gasteiger partial charge in [0.1, 0.15) is 0 Å². The molecular weight excluding hydrogens is 396 g/mol. The molecular formula is C26H20N6. The Morgan fingerprint density at radius 1 is 0.938 bits per heavy atom. The SMILES string of the molecule is [C-]#[N+]/C(C#N)=C1/C(=Nc2ccc(N(CC)CC)cc2C)/C(=C(\C#N)[N+]#[C-])c2ccccc21. The maximum absolute atomic E-state index is 9.62. The van der Waals surface area contributed by atoms with E-state index in [0.717, 1.165) is 24.3 Å². The number of hydrogen-bond donors (Lipinski definition) is 0. The Morgan fingerprint density at radius 3 is 1.88 bits per heavy atom. The second-order valence-corrected chi connectivity index (χ2v) is 7.04. The lowest BCUT2D eigenvalue weighted by atomic mass is 10.0. The number of anilines is 1. The van der Waals surface area contributed by atoms with Gasteiger partial charge in [0.05, 0.1) is 36.7 Å². The second-order valence-electron chi connectivity index (χ2n) is 7.04. The standard InChI is InChI=1S/C26H20N6/c1-6-32(7-2)18-12-13-21(17(3)14-18)31-26-24(22(15-27)29-4)19-10-8-9-11-20(19)25(26)23(16-28)30-5/h8-14H,6-7H2,1-3H3/b24-22+,25-23+. The van der Waals surface area contributed by atoms with Gasteiger partial charge in [-0.15, -0.1) is 0 Å². The highest BCUT2D eigenvalue weighted by Gasteiger charge is 2.33. The van der Waals surface area contributed by atoms with Gasteiger partial charge in [-0.2, -0.15) is 0 Å². The second kappa shape index (κ2) is 9.44. The minimum absolute atomic E-state index is 0.120. The molecule has 1 aliphatic carbocycles. The molecule has 0 aliphatic heterocycles. The summed E-state index contributed by atoms with van der Waals surface area (Å²) < 4.78 is 0. The summed E-state index contributed by atoms with van der Waals surface area (Å²) in [6.45, 7) is 22.9. The summed E-state index contributed by atoms with van der Waals surface area (Å²) in [5.74, 6) is 0. The van der Waals surface area contributed by atoms with Crippen LogP contribution in [-0.2, 0) is 0 Å². The smallest absolute Gasteiger partial charge is 0.271 e. The molecule has 0 saturated heterocycles. The summed E-state index contributed by atoms with van der Waals surface area (Å²) in [5, 5.41) is 19.2. The van der Waals surface area contributed by atoms with Crippen molar-refractivity contribution in [2.75, 3.05) is 18.0 Å². The molecule has 0 fully saturated rings. The summed E-state index contributed by atoms with van der Waals surface area (Å²) in [5.41, 5.74) is 4.69. The van der Waals surface area contributed by atoms with Crippen LogP contribution in [-0.4, -0.2) is 18.8 Å². The number of allylic oxidation sites excluding steroid dienone is 4. The third-order valence-electron chi connectivity index (χ3n) is 5.39. The van der Waals surface area contributed by atoms with Crippen LogP contribution in [0.15, 0.2) is 58.9 Å². The van der Waals surface area contributed by atoms with E-state index in [-0.39, 0.29) is 11.4 Å². The van der Waals surface area contributed by atoms with Crippen LogP contribution in [0.25, 0.3) is 20.8 Å². The van der Waals surface area contributed by atoms with Crippen LogP contribution in [0.2, 0.25) is 0 Å². The molecule has 0 saturated carbocycles. The lowest BCUT2D eigenvalue weighted by Gasteiger charge is -2.21. The summed E-state index contributed by atoms with van der Waals surface area (Å²) in [7, 11) is 0. The minimum Gasteiger partial charge on any atom is -0.372 e. The third-order valence-corrected chi connectivity index (χ3v) is 5.39. The highest BCUT2D eigenvalue weighted by Crippen LogP contribution is 2.43. The molecule has 0 amide bonds. The van der Waals surface area contributed by atoms with Crippen LogP contribution in [0.5, 0.6) is 0 Å². The van der Waals surface area contributed by atoms with Crippen LogP contribution in [0.3, 0.4) is 0 Å². The average molecular weight is 416 g/mol. The normalized spacial score (nSPS) is 14.9. The van der Waals surface area contributed by atoms with Crippen molar-refractivity contribution in [1.29, 1.82) is 10.5 Å². The van der Waals surface area contributed by atoms with Crippen molar-refractivity contribution in [2.24, 2.45) is 4.99 Å². The van der Waals surface area contributed by atoms with Crippen molar-refractivity contribution in [3.05, 3.63) is 93.4 Å². The fourth-order valence-corrected chi connectivity index (χ4v) is 3.84. The fourth-order valence-electron chi connectivity index (χ4n) is 3.84. The van der Waals surface area contributed by atoms with Crippen LogP contribution in [0, 0.1) is 42.7 Å². The van der Waals surface area contributed by atoms with Gasteiger partial charge in [0.2, 0.25) is 0 Å². The van der Waals surface area contributed by atoms with Crippen molar-refractivity contribution < 1.29 is 0 Å². The molecule has 0 N–H and O–H groups in total. The van der Waals surface area contributed by atoms with Crippen LogP contribution >= 0.6 is 0 Å². The first-order valence-corrected chi connectivity index (χ1v) is 10.1. The Hall–Kier alpha value is -4.65. The number of nitrogens with zero attached hydrogens (tertiary/aromatic N) is 6. The Bertz CT molecular complexity index is 1240. The number of fused-ring (bicyclic) bond motifs is 1. The van der Waals surface area contributed by atoms with E-state index < -0.39 is 0 Å². The first-order valence-electron chi connectivity index (χ1n) is 10.1. The highest BCUT2D eigenvalue weighted by molar-refractivity contribution is 6.51. The molecule has 154 valence electrons. The van der Waals surface area contributed by atoms with Gasteiger partial charge in [0.15, 0.2) is 0 Å². The van der Waals surface area contributed by atoms with Crippen LogP contribution in [0.4, 0.5) is 11.4 Å². The predicted molar refractivity (Wildman–Crippen MR) is 127 cm³/mol. The number of aryl methyl sites for hydroxylation is 1. The molecule has 0 atom stereocenters. The number of benzene rings is 2. The number of aliphatic imine (C=N–C) groups is 1. The van der Waals surface area contributed by atoms with Crippen molar-refractivity contribution in [1.82, 2.24) is 0 Å². The maximum Gasteiger partial charge on any atom is 0.271 e. The topological polar surface area (TPSA) is 71.9 Å². The van der Waals surface area contributed by atoms with Crippen molar-refractivity contribution >= 4 is 28.2 Å². The van der Waals surface area contributed by atoms with E-state index in [4.69, 9.17) is 18.1 Å². The van der Waals surface area contributed by atoms with Gasteiger partial charge < -0.3 is 4.90 Å². The third kappa shape index (κ3) is 3.75. The Labute approximate surface area is 188 Å². The molecule has 1 aliphatic rings. The lowest BCUT2D eigenvalue weighted by Crippen LogP contribution is -2.21. The summed E-state index contributed by atoms with van der Waals surface area (Å²) in [6, 6.07) is 17.0. The fraction of sp³-hybridized carbons (Fsp3) is 0.192. The molecule has 32 heavy (non-hydrogen) atoms. The summed E-state index contributed by atoms with van der Waals surface area (Å²) in [4.78, 5) is 13.9. The van der Waals surface area contributed by atoms with Crippen LogP contribution in [0.1, 0.15) is 30.5 Å². The average Bonchev–Trinajstić information content (AvgIpc) is 3.12. The largest absolute Gasteiger partial charge is 0.372 e. The van der Waals surface area contributed by atoms with E-state index in [1.165, 1.54) is 0 Å². The summed E-state index contributed by atoms with van der Waals surface area (Å²) in [6.07, 6.45) is 0. The van der Waals surface area contributed by atoms with Gasteiger partial charge in [0.25, 0.3) is 11.4 Å². The molecule has 0 radical (unpaired) electrons. The van der Waals surface area contributed by atoms with Gasteiger partial charge >= 0.3 is 0 Å². The minimum atomic E-state index is -0.120. The molecule has 0 heterocycles. The Kier molecular flexibility index (Phi) is 6.50. The molecule has 0 spiro atoms. The van der Waals surface area contributed by atoms with E-state index >= 15 is 0 Å². The first-order chi connectivity index (χ1) is 15.5. The van der Waals surface area contributed by atoms with Gasteiger partial charge in [-0.05, 0) is 55.7 Å². The van der Waals surface area contributed by atoms with E-state index in [1.54, 1.807) is 24.3 Å². The van der Waals surface area contributed by atoms with Gasteiger partial charge in [0, 0.05) is 29.9 Å². The Morgan fingerprint density at radius 2 is 1.47 bits per heavy atom. The monoisotopic (exact) mass is 416 g/mol. The van der Waals surface area contributed by atoms with Crippen molar-refractivity contribution in [2.45, 2.75) is 20.8 Å². The van der Waals surface area contributed by atoms with Gasteiger partial charge in [-0.25, -0.2) is 20.2 Å². The Balaban J connectivity index is 2.36. The van der Waals surface area contributed by atoms with Gasteiger partial charge in [-0.1, -0.05) is 24.3 Å². The summed E-state index contributed by atoms with van der Waals surface area (Å²) >= 11 is 0. The number of rotatable bonds is 4. The van der Waals surface area contributed by atoms with Crippen LogP contribution < -0.4 is 4.90 Å². The molecule has 2 aromatic rings. The number of nitriles is 2. The molecule has 3 rings (SSSR count). The number of hydrogen-bond acceptors (Lipinski definition) is 4. The zero-order chi connectivity index (χ0) is 23.3.